The highest BCUT2D eigenvalue weighted by molar-refractivity contribution is 5.87. The second-order valence-corrected chi connectivity index (χ2v) is 6.85. The zero-order valence-electron chi connectivity index (χ0n) is 18.2. The van der Waals surface area contributed by atoms with E-state index in [4.69, 9.17) is 0 Å². The Morgan fingerprint density at radius 1 is 0.622 bits per heavy atom. The number of rotatable bonds is 1. The van der Waals surface area contributed by atoms with Gasteiger partial charge in [0, 0.05) is 16.0 Å². The van der Waals surface area contributed by atoms with Gasteiger partial charge in [-0.1, -0.05) is 0 Å². The van der Waals surface area contributed by atoms with Gasteiger partial charge in [-0.2, -0.15) is 60.5 Å². The molecule has 0 unspecified atom stereocenters. The SMILES string of the molecule is Cc1c(C(F)(F)F)cc(C#N)c(C#N)c1C(C#N)=c1c(C#N)c(C#N)c(=C(C#N)C#N)c(C#N)c1C#N. The molecular formula is C25H4F3N9. The molecule has 0 radical (unpaired) electrons. The van der Waals surface area contributed by atoms with Crippen molar-refractivity contribution in [2.24, 2.45) is 0 Å². The van der Waals surface area contributed by atoms with Gasteiger partial charge in [-0.3, -0.25) is 0 Å². The van der Waals surface area contributed by atoms with Crippen molar-refractivity contribution in [3.63, 3.8) is 0 Å². The predicted molar refractivity (Wildman–Crippen MR) is 113 cm³/mol. The van der Waals surface area contributed by atoms with Crippen LogP contribution < -0.4 is 10.4 Å². The molecule has 37 heavy (non-hydrogen) atoms. The first-order valence-electron chi connectivity index (χ1n) is 9.41. The fraction of sp³-hybridized carbons (Fsp3) is 0.0800. The largest absolute Gasteiger partial charge is 0.416 e. The Balaban J connectivity index is 3.69. The molecule has 2 rings (SSSR count). The summed E-state index contributed by atoms with van der Waals surface area (Å²) in [4.78, 5) is 0. The molecule has 2 aromatic rings. The summed E-state index contributed by atoms with van der Waals surface area (Å²) in [6.07, 6.45) is -5.04. The molecule has 2 aromatic carbocycles. The van der Waals surface area contributed by atoms with Crippen LogP contribution in [0, 0.1) is 109 Å². The van der Waals surface area contributed by atoms with Crippen LogP contribution in [0.1, 0.15) is 50.1 Å². The molecule has 0 aromatic heterocycles. The number of alkyl halides is 3. The zero-order chi connectivity index (χ0) is 28.1. The second-order valence-electron chi connectivity index (χ2n) is 6.85. The van der Waals surface area contributed by atoms with Gasteiger partial charge >= 0.3 is 6.18 Å². The summed E-state index contributed by atoms with van der Waals surface area (Å²) in [6.45, 7) is 0.900. The van der Waals surface area contributed by atoms with Gasteiger partial charge in [0.15, 0.2) is 0 Å². The van der Waals surface area contributed by atoms with Crippen molar-refractivity contribution in [3.05, 3.63) is 66.6 Å². The number of hydrogen-bond acceptors (Lipinski definition) is 9. The lowest BCUT2D eigenvalue weighted by atomic mass is 9.84. The summed E-state index contributed by atoms with van der Waals surface area (Å²) in [7, 11) is 0. The maximum Gasteiger partial charge on any atom is 0.416 e. The van der Waals surface area contributed by atoms with Crippen LogP contribution in [0.15, 0.2) is 6.07 Å². The average molecular weight is 487 g/mol. The van der Waals surface area contributed by atoms with Crippen LogP contribution in [-0.4, -0.2) is 0 Å². The molecule has 0 spiro atoms. The second kappa shape index (κ2) is 10.1. The Labute approximate surface area is 206 Å². The molecule has 9 nitrogen and oxygen atoms in total. The lowest BCUT2D eigenvalue weighted by Crippen LogP contribution is -2.30. The minimum absolute atomic E-state index is 0.411. The van der Waals surface area contributed by atoms with Crippen molar-refractivity contribution in [1.82, 2.24) is 0 Å². The van der Waals surface area contributed by atoms with Crippen molar-refractivity contribution in [2.75, 3.05) is 0 Å². The molecule has 12 heteroatoms. The van der Waals surface area contributed by atoms with Crippen molar-refractivity contribution in [2.45, 2.75) is 13.1 Å². The summed E-state index contributed by atoms with van der Waals surface area (Å²) < 4.78 is 41.3. The van der Waals surface area contributed by atoms with Crippen molar-refractivity contribution >= 4 is 11.1 Å². The summed E-state index contributed by atoms with van der Waals surface area (Å²) in [5, 5.41) is 85.4. The molecule has 0 saturated carbocycles. The topological polar surface area (TPSA) is 214 Å². The van der Waals surface area contributed by atoms with Crippen LogP contribution in [0.5, 0.6) is 0 Å². The molecule has 170 valence electrons. The minimum Gasteiger partial charge on any atom is -0.192 e. The van der Waals surface area contributed by atoms with Crippen LogP contribution in [0.2, 0.25) is 0 Å². The van der Waals surface area contributed by atoms with Gasteiger partial charge in [-0.05, 0) is 18.6 Å². The van der Waals surface area contributed by atoms with Gasteiger partial charge in [0.25, 0.3) is 0 Å². The fourth-order valence-electron chi connectivity index (χ4n) is 3.66. The number of nitriles is 9. The number of hydrogen-bond donors (Lipinski definition) is 0. The van der Waals surface area contributed by atoms with E-state index in [1.165, 1.54) is 36.4 Å². The first-order valence-corrected chi connectivity index (χ1v) is 9.41. The van der Waals surface area contributed by atoms with E-state index in [1.54, 1.807) is 18.2 Å². The highest BCUT2D eigenvalue weighted by Crippen LogP contribution is 2.37. The standard InChI is InChI=1S/C25H4F3N9/c1-12-21(25(26,27)28)2-13(3-29)15(6-32)22(12)20(11-37)24-18(9-35)16(7-33)23(14(4-30)5-31)17(8-34)19(24)10-36/h2H,1H3. The predicted octanol–water partition coefficient (Wildman–Crippen LogP) is 2.16. The van der Waals surface area contributed by atoms with Gasteiger partial charge in [-0.15, -0.1) is 0 Å². The van der Waals surface area contributed by atoms with Gasteiger partial charge < -0.3 is 0 Å². The van der Waals surface area contributed by atoms with Crippen LogP contribution in [0.25, 0.3) is 11.1 Å². The van der Waals surface area contributed by atoms with Crippen molar-refractivity contribution in [1.29, 1.82) is 47.4 Å². The van der Waals surface area contributed by atoms with Crippen LogP contribution in [-0.2, 0) is 6.18 Å². The maximum absolute atomic E-state index is 13.8. The van der Waals surface area contributed by atoms with E-state index in [0.29, 0.717) is 6.07 Å². The number of benzene rings is 2. The highest BCUT2D eigenvalue weighted by atomic mass is 19.4. The van der Waals surface area contributed by atoms with Gasteiger partial charge in [0.2, 0.25) is 0 Å². The molecule has 0 aliphatic heterocycles. The molecule has 0 aliphatic rings. The quantitative estimate of drug-likeness (QED) is 0.575. The minimum atomic E-state index is -5.04. The number of nitrogens with zero attached hydrogens (tertiary/aromatic N) is 9. The highest BCUT2D eigenvalue weighted by Gasteiger charge is 2.36. The van der Waals surface area contributed by atoms with E-state index >= 15 is 0 Å². The van der Waals surface area contributed by atoms with Crippen molar-refractivity contribution in [3.8, 4) is 54.6 Å². The molecule has 0 amide bonds. The summed E-state index contributed by atoms with van der Waals surface area (Å²) in [6, 6.07) is 14.0. The van der Waals surface area contributed by atoms with E-state index < -0.39 is 77.8 Å². The molecule has 0 aliphatic carbocycles. The van der Waals surface area contributed by atoms with E-state index in [2.05, 4.69) is 0 Å². The first-order chi connectivity index (χ1) is 17.6. The Hall–Kier alpha value is -6.62. The van der Waals surface area contributed by atoms with E-state index in [-0.39, 0.29) is 0 Å². The van der Waals surface area contributed by atoms with Gasteiger partial charge in [0.1, 0.15) is 60.2 Å². The molecule has 0 heterocycles. The zero-order valence-corrected chi connectivity index (χ0v) is 18.2. The molecule has 0 N–H and O–H groups in total. The Kier molecular flexibility index (Phi) is 7.28. The molecule has 0 saturated heterocycles. The van der Waals surface area contributed by atoms with Crippen LogP contribution >= 0.6 is 0 Å². The third-order valence-electron chi connectivity index (χ3n) is 5.16. The summed E-state index contributed by atoms with van der Waals surface area (Å²) in [5.41, 5.74) is -9.08. The first kappa shape index (κ1) is 26.6. The van der Waals surface area contributed by atoms with Gasteiger partial charge in [0.05, 0.1) is 44.5 Å². The average Bonchev–Trinajstić information content (AvgIpc) is 2.88. The van der Waals surface area contributed by atoms with Crippen molar-refractivity contribution < 1.29 is 13.2 Å². The normalized spacial score (nSPS) is 9.38. The Morgan fingerprint density at radius 3 is 1.38 bits per heavy atom. The summed E-state index contributed by atoms with van der Waals surface area (Å²) >= 11 is 0. The maximum atomic E-state index is 13.8. The summed E-state index contributed by atoms with van der Waals surface area (Å²) in [5.74, 6) is 0. The molecule has 0 fully saturated rings. The smallest absolute Gasteiger partial charge is 0.192 e. The third-order valence-corrected chi connectivity index (χ3v) is 5.16. The van der Waals surface area contributed by atoms with Gasteiger partial charge in [-0.25, -0.2) is 0 Å². The Bertz CT molecular complexity index is 1840. The number of halogens is 3. The van der Waals surface area contributed by atoms with Crippen LogP contribution in [0.3, 0.4) is 0 Å². The lowest BCUT2D eigenvalue weighted by Gasteiger charge is -2.17. The van der Waals surface area contributed by atoms with E-state index in [9.17, 15) is 60.5 Å². The lowest BCUT2D eigenvalue weighted by molar-refractivity contribution is -0.138. The third kappa shape index (κ3) is 4.09. The molecule has 0 bridgehead atoms. The van der Waals surface area contributed by atoms with E-state index in [0.717, 1.165) is 6.92 Å². The Morgan fingerprint density at radius 2 is 1.05 bits per heavy atom. The van der Waals surface area contributed by atoms with E-state index in [1.807, 2.05) is 0 Å². The molecule has 0 atom stereocenters. The monoisotopic (exact) mass is 487 g/mol. The van der Waals surface area contributed by atoms with Crippen LogP contribution in [0.4, 0.5) is 13.2 Å². The fourth-order valence-corrected chi connectivity index (χ4v) is 3.66. The molecular weight excluding hydrogens is 483 g/mol.